The third-order valence-corrected chi connectivity index (χ3v) is 3.50. The summed E-state index contributed by atoms with van der Waals surface area (Å²) >= 11 is 0. The van der Waals surface area contributed by atoms with Crippen LogP contribution in [0.3, 0.4) is 0 Å². The molecule has 0 aromatic heterocycles. The molecule has 100 valence electrons. The van der Waals surface area contributed by atoms with Crippen LogP contribution in [0.1, 0.15) is 11.1 Å². The molecule has 0 saturated carbocycles. The van der Waals surface area contributed by atoms with Crippen molar-refractivity contribution >= 4 is 0 Å². The maximum atomic E-state index is 5.82. The number of rotatable bonds is 4. The molecular formula is C14H23N3O. The van der Waals surface area contributed by atoms with Gasteiger partial charge in [-0.3, -0.25) is 11.3 Å². The van der Waals surface area contributed by atoms with Crippen LogP contribution in [0.2, 0.25) is 0 Å². The molecule has 2 unspecified atom stereocenters. The molecule has 4 heteroatoms. The number of hydrazine groups is 1. The van der Waals surface area contributed by atoms with Crippen LogP contribution in [-0.2, 0) is 11.2 Å². The minimum absolute atomic E-state index is 0.161. The molecule has 3 N–H and O–H groups in total. The van der Waals surface area contributed by atoms with Gasteiger partial charge in [-0.15, -0.1) is 0 Å². The molecule has 4 nitrogen and oxygen atoms in total. The molecule has 1 aromatic carbocycles. The van der Waals surface area contributed by atoms with Crippen molar-refractivity contribution in [2.75, 3.05) is 26.7 Å². The Morgan fingerprint density at radius 3 is 3.06 bits per heavy atom. The topological polar surface area (TPSA) is 50.5 Å². The largest absolute Gasteiger partial charge is 0.374 e. The van der Waals surface area contributed by atoms with Crippen molar-refractivity contribution in [2.45, 2.75) is 25.5 Å². The molecule has 1 heterocycles. The van der Waals surface area contributed by atoms with Gasteiger partial charge in [0.25, 0.3) is 0 Å². The number of hydrogen-bond acceptors (Lipinski definition) is 4. The number of hydrogen-bond donors (Lipinski definition) is 2. The van der Waals surface area contributed by atoms with Crippen molar-refractivity contribution in [1.29, 1.82) is 0 Å². The van der Waals surface area contributed by atoms with Crippen LogP contribution in [0.25, 0.3) is 0 Å². The Hall–Kier alpha value is -0.940. The van der Waals surface area contributed by atoms with Crippen LogP contribution in [0.5, 0.6) is 0 Å². The fourth-order valence-electron chi connectivity index (χ4n) is 2.45. The number of nitrogens with one attached hydrogen (secondary N) is 1. The quantitative estimate of drug-likeness (QED) is 0.609. The smallest absolute Gasteiger partial charge is 0.0871 e. The van der Waals surface area contributed by atoms with Gasteiger partial charge in [-0.25, -0.2) is 0 Å². The molecule has 1 aromatic rings. The van der Waals surface area contributed by atoms with Crippen molar-refractivity contribution in [1.82, 2.24) is 10.3 Å². The van der Waals surface area contributed by atoms with Gasteiger partial charge in [0.2, 0.25) is 0 Å². The Balaban J connectivity index is 2.00. The predicted molar refractivity (Wildman–Crippen MR) is 73.2 cm³/mol. The van der Waals surface area contributed by atoms with E-state index < -0.39 is 0 Å². The number of morpholine rings is 1. The Bertz CT molecular complexity index is 383. The summed E-state index contributed by atoms with van der Waals surface area (Å²) in [5.74, 6) is 5.69. The Morgan fingerprint density at radius 1 is 1.56 bits per heavy atom. The molecule has 0 spiro atoms. The maximum Gasteiger partial charge on any atom is 0.0871 e. The lowest BCUT2D eigenvalue weighted by atomic mass is 9.99. The van der Waals surface area contributed by atoms with E-state index in [0.29, 0.717) is 0 Å². The summed E-state index contributed by atoms with van der Waals surface area (Å²) in [5.41, 5.74) is 5.49. The van der Waals surface area contributed by atoms with Crippen LogP contribution < -0.4 is 11.3 Å². The second kappa shape index (κ2) is 6.29. The normalized spacial score (nSPS) is 22.9. The van der Waals surface area contributed by atoms with Crippen LogP contribution >= 0.6 is 0 Å². The van der Waals surface area contributed by atoms with E-state index in [9.17, 15) is 0 Å². The maximum absolute atomic E-state index is 5.82. The van der Waals surface area contributed by atoms with E-state index in [1.165, 1.54) is 11.1 Å². The first-order valence-electron chi connectivity index (χ1n) is 6.51. The summed E-state index contributed by atoms with van der Waals surface area (Å²) in [6.07, 6.45) is 1.06. The zero-order valence-electron chi connectivity index (χ0n) is 11.2. The molecule has 0 bridgehead atoms. The lowest BCUT2D eigenvalue weighted by molar-refractivity contribution is -0.0384. The van der Waals surface area contributed by atoms with Gasteiger partial charge < -0.3 is 9.64 Å². The fraction of sp³-hybridized carbons (Fsp3) is 0.571. The molecule has 1 aliphatic rings. The molecule has 1 saturated heterocycles. The Kier molecular flexibility index (Phi) is 4.72. The van der Waals surface area contributed by atoms with Gasteiger partial charge in [0.15, 0.2) is 0 Å². The van der Waals surface area contributed by atoms with E-state index >= 15 is 0 Å². The lowest BCUT2D eigenvalue weighted by Gasteiger charge is -2.35. The number of likely N-dealkylation sites (N-methyl/N-ethyl adjacent to an activating group) is 1. The van der Waals surface area contributed by atoms with Crippen LogP contribution in [0, 0.1) is 6.92 Å². The summed E-state index contributed by atoms with van der Waals surface area (Å²) in [6, 6.07) is 8.71. The summed E-state index contributed by atoms with van der Waals surface area (Å²) in [6.45, 7) is 4.82. The van der Waals surface area contributed by atoms with Crippen LogP contribution in [-0.4, -0.2) is 43.8 Å². The van der Waals surface area contributed by atoms with Crippen molar-refractivity contribution in [3.63, 3.8) is 0 Å². The summed E-state index contributed by atoms with van der Waals surface area (Å²) in [4.78, 5) is 2.29. The Morgan fingerprint density at radius 2 is 2.39 bits per heavy atom. The first-order valence-corrected chi connectivity index (χ1v) is 6.51. The standard InChI is InChI=1S/C14H23N3O/c1-11-4-3-5-12(8-11)9-13(16-15)14-10-17(2)6-7-18-14/h3-5,8,13-14,16H,6-7,9-10,15H2,1-2H3. The molecular weight excluding hydrogens is 226 g/mol. The van der Waals surface area contributed by atoms with Gasteiger partial charge in [-0.1, -0.05) is 29.8 Å². The van der Waals surface area contributed by atoms with Gasteiger partial charge in [-0.2, -0.15) is 0 Å². The number of nitrogens with zero attached hydrogens (tertiary/aromatic N) is 1. The van der Waals surface area contributed by atoms with Crippen LogP contribution in [0.4, 0.5) is 0 Å². The highest BCUT2D eigenvalue weighted by Gasteiger charge is 2.26. The SMILES string of the molecule is Cc1cccc(CC(NN)C2CN(C)CCO2)c1. The Labute approximate surface area is 109 Å². The monoisotopic (exact) mass is 249 g/mol. The van der Waals surface area contributed by atoms with Crippen LogP contribution in [0.15, 0.2) is 24.3 Å². The van der Waals surface area contributed by atoms with E-state index in [2.05, 4.69) is 48.6 Å². The number of ether oxygens (including phenoxy) is 1. The third-order valence-electron chi connectivity index (χ3n) is 3.50. The number of nitrogens with two attached hydrogens (primary N) is 1. The van der Waals surface area contributed by atoms with E-state index in [-0.39, 0.29) is 12.1 Å². The first kappa shape index (κ1) is 13.5. The minimum atomic E-state index is 0.161. The van der Waals surface area contributed by atoms with E-state index in [1.807, 2.05) is 0 Å². The third kappa shape index (κ3) is 3.53. The van der Waals surface area contributed by atoms with Gasteiger partial charge in [0.05, 0.1) is 18.8 Å². The van der Waals surface area contributed by atoms with Crippen molar-refractivity contribution < 1.29 is 4.74 Å². The zero-order valence-corrected chi connectivity index (χ0v) is 11.2. The molecule has 0 aliphatic carbocycles. The zero-order chi connectivity index (χ0) is 13.0. The summed E-state index contributed by atoms with van der Waals surface area (Å²) in [5, 5.41) is 0. The van der Waals surface area contributed by atoms with Gasteiger partial charge in [0, 0.05) is 13.1 Å². The molecule has 18 heavy (non-hydrogen) atoms. The molecule has 1 aliphatic heterocycles. The molecule has 0 amide bonds. The predicted octanol–water partition coefficient (Wildman–Crippen LogP) is 0.700. The average molecular weight is 249 g/mol. The summed E-state index contributed by atoms with van der Waals surface area (Å²) in [7, 11) is 2.12. The highest BCUT2D eigenvalue weighted by Crippen LogP contribution is 2.13. The molecule has 2 atom stereocenters. The van der Waals surface area contributed by atoms with Crippen molar-refractivity contribution in [3.8, 4) is 0 Å². The fourth-order valence-corrected chi connectivity index (χ4v) is 2.45. The van der Waals surface area contributed by atoms with Crippen molar-refractivity contribution in [2.24, 2.45) is 5.84 Å². The van der Waals surface area contributed by atoms with Gasteiger partial charge in [0.1, 0.15) is 0 Å². The second-order valence-corrected chi connectivity index (χ2v) is 5.14. The van der Waals surface area contributed by atoms with Gasteiger partial charge >= 0.3 is 0 Å². The minimum Gasteiger partial charge on any atom is -0.374 e. The highest BCUT2D eigenvalue weighted by atomic mass is 16.5. The molecule has 2 rings (SSSR count). The highest BCUT2D eigenvalue weighted by molar-refractivity contribution is 5.23. The number of aryl methyl sites for hydroxylation is 1. The van der Waals surface area contributed by atoms with E-state index in [0.717, 1.165) is 26.1 Å². The number of benzene rings is 1. The summed E-state index contributed by atoms with van der Waals surface area (Å²) < 4.78 is 5.82. The van der Waals surface area contributed by atoms with E-state index in [1.54, 1.807) is 0 Å². The second-order valence-electron chi connectivity index (χ2n) is 5.14. The molecule has 0 radical (unpaired) electrons. The van der Waals surface area contributed by atoms with Gasteiger partial charge in [-0.05, 0) is 26.0 Å². The van der Waals surface area contributed by atoms with E-state index in [4.69, 9.17) is 10.6 Å². The average Bonchev–Trinajstić information content (AvgIpc) is 2.36. The molecule has 1 fully saturated rings. The van der Waals surface area contributed by atoms with Crippen molar-refractivity contribution in [3.05, 3.63) is 35.4 Å². The first-order chi connectivity index (χ1) is 8.69. The lowest BCUT2D eigenvalue weighted by Crippen LogP contribution is -2.54.